The first kappa shape index (κ1) is 30.7. The molecule has 3 heterocycles. The van der Waals surface area contributed by atoms with Crippen LogP contribution in [-0.4, -0.2) is 24.1 Å². The van der Waals surface area contributed by atoms with Crippen molar-refractivity contribution in [2.24, 2.45) is 0 Å². The summed E-state index contributed by atoms with van der Waals surface area (Å²) < 4.78 is 19.1. The highest BCUT2D eigenvalue weighted by Gasteiger charge is 2.36. The topological polar surface area (TPSA) is 48.5 Å². The first-order valence-corrected chi connectivity index (χ1v) is 18.2. The number of fused-ring (bicyclic) bond motifs is 10. The van der Waals surface area contributed by atoms with Crippen molar-refractivity contribution in [3.63, 3.8) is 0 Å². The summed E-state index contributed by atoms with van der Waals surface area (Å²) in [5, 5.41) is 4.57. The van der Waals surface area contributed by atoms with E-state index in [1.807, 2.05) is 36.4 Å². The van der Waals surface area contributed by atoms with Gasteiger partial charge in [-0.15, -0.1) is 0 Å². The quantitative estimate of drug-likeness (QED) is 0.184. The average Bonchev–Trinajstić information content (AvgIpc) is 3.81. The third kappa shape index (κ3) is 4.34. The lowest BCUT2D eigenvalue weighted by Crippen LogP contribution is -2.15. The molecule has 1 aliphatic carbocycles. The first-order valence-electron chi connectivity index (χ1n) is 18.2. The molecule has 0 N–H and O–H groups in total. The maximum atomic E-state index is 14.5. The maximum absolute atomic E-state index is 14.5. The van der Waals surface area contributed by atoms with Crippen LogP contribution in [0, 0.1) is 5.82 Å². The Balaban J connectivity index is 1.24. The Kier molecular flexibility index (Phi) is 6.41. The molecule has 0 unspecified atom stereocenters. The van der Waals surface area contributed by atoms with Crippen molar-refractivity contribution in [2.75, 3.05) is 0 Å². The van der Waals surface area contributed by atoms with Gasteiger partial charge >= 0.3 is 0 Å². The van der Waals surface area contributed by atoms with E-state index in [1.165, 1.54) is 5.39 Å². The van der Waals surface area contributed by atoms with Crippen molar-refractivity contribution in [1.82, 2.24) is 24.1 Å². The summed E-state index contributed by atoms with van der Waals surface area (Å²) >= 11 is 0. The van der Waals surface area contributed by atoms with Crippen molar-refractivity contribution in [3.05, 3.63) is 175 Å². The van der Waals surface area contributed by atoms with Gasteiger partial charge in [0.2, 0.25) is 5.95 Å². The minimum absolute atomic E-state index is 0.226. The van der Waals surface area contributed by atoms with Crippen LogP contribution in [0.4, 0.5) is 4.39 Å². The summed E-state index contributed by atoms with van der Waals surface area (Å²) in [6.07, 6.45) is 0. The van der Waals surface area contributed by atoms with Gasteiger partial charge in [0, 0.05) is 43.8 Å². The maximum Gasteiger partial charge on any atom is 0.238 e. The molecular formula is C48H32FN5. The van der Waals surface area contributed by atoms with Crippen molar-refractivity contribution < 1.29 is 4.39 Å². The van der Waals surface area contributed by atoms with E-state index in [2.05, 4.69) is 132 Å². The van der Waals surface area contributed by atoms with Crippen LogP contribution in [-0.2, 0) is 5.41 Å². The van der Waals surface area contributed by atoms with Crippen LogP contribution in [0.1, 0.15) is 25.0 Å². The Morgan fingerprint density at radius 2 is 1.00 bits per heavy atom. The molecule has 0 saturated heterocycles. The Morgan fingerprint density at radius 3 is 1.69 bits per heavy atom. The highest BCUT2D eigenvalue weighted by Crippen LogP contribution is 2.50. The number of para-hydroxylation sites is 3. The number of nitrogens with zero attached hydrogens (tertiary/aromatic N) is 5. The predicted octanol–water partition coefficient (Wildman–Crippen LogP) is 11.8. The van der Waals surface area contributed by atoms with E-state index >= 15 is 0 Å². The summed E-state index contributed by atoms with van der Waals surface area (Å²) in [5.41, 5.74) is 11.0. The van der Waals surface area contributed by atoms with E-state index in [-0.39, 0.29) is 5.82 Å². The van der Waals surface area contributed by atoms with E-state index in [4.69, 9.17) is 15.0 Å². The predicted molar refractivity (Wildman–Crippen MR) is 217 cm³/mol. The highest BCUT2D eigenvalue weighted by atomic mass is 19.1. The van der Waals surface area contributed by atoms with Crippen LogP contribution in [0.15, 0.2) is 158 Å². The zero-order valence-corrected chi connectivity index (χ0v) is 29.6. The minimum Gasteiger partial charge on any atom is -0.307 e. The Labute approximate surface area is 310 Å². The van der Waals surface area contributed by atoms with Crippen LogP contribution in [0.5, 0.6) is 0 Å². The molecule has 54 heavy (non-hydrogen) atoms. The number of hydrogen-bond donors (Lipinski definition) is 0. The zero-order chi connectivity index (χ0) is 36.1. The van der Waals surface area contributed by atoms with Gasteiger partial charge in [0.25, 0.3) is 0 Å². The van der Waals surface area contributed by atoms with Gasteiger partial charge in [0.15, 0.2) is 11.6 Å². The van der Waals surface area contributed by atoms with Gasteiger partial charge in [-0.3, -0.25) is 4.57 Å². The van der Waals surface area contributed by atoms with Gasteiger partial charge in [-0.05, 0) is 64.7 Å². The van der Waals surface area contributed by atoms with Crippen LogP contribution in [0.3, 0.4) is 0 Å². The smallest absolute Gasteiger partial charge is 0.238 e. The molecule has 0 amide bonds. The van der Waals surface area contributed by atoms with Crippen LogP contribution in [0.2, 0.25) is 0 Å². The summed E-state index contributed by atoms with van der Waals surface area (Å²) in [7, 11) is 0. The fraction of sp³-hybridized carbons (Fsp3) is 0.0625. The second kappa shape index (κ2) is 11.3. The Bertz CT molecular complexity index is 3140. The molecule has 0 radical (unpaired) electrons. The summed E-state index contributed by atoms with van der Waals surface area (Å²) in [6.45, 7) is 4.31. The molecule has 0 atom stereocenters. The summed E-state index contributed by atoms with van der Waals surface area (Å²) in [5.74, 6) is 1.47. The molecule has 5 nitrogen and oxygen atoms in total. The molecule has 3 aromatic heterocycles. The van der Waals surface area contributed by atoms with Crippen molar-refractivity contribution in [3.8, 4) is 45.5 Å². The zero-order valence-electron chi connectivity index (χ0n) is 29.6. The molecule has 6 heteroatoms. The molecule has 256 valence electrons. The van der Waals surface area contributed by atoms with Gasteiger partial charge in [-0.25, -0.2) is 9.37 Å². The average molecular weight is 698 g/mol. The molecule has 0 bridgehead atoms. The second-order valence-electron chi connectivity index (χ2n) is 14.6. The number of benzene rings is 7. The number of rotatable bonds is 4. The second-order valence-corrected chi connectivity index (χ2v) is 14.6. The van der Waals surface area contributed by atoms with Crippen molar-refractivity contribution in [2.45, 2.75) is 19.3 Å². The lowest BCUT2D eigenvalue weighted by molar-refractivity contribution is 0.609. The number of hydrogen-bond acceptors (Lipinski definition) is 3. The number of aromatic nitrogens is 5. The van der Waals surface area contributed by atoms with Crippen molar-refractivity contribution >= 4 is 43.6 Å². The molecule has 1 aliphatic rings. The van der Waals surface area contributed by atoms with E-state index in [0.29, 0.717) is 17.6 Å². The SMILES string of the molecule is CC1(C)c2cc(F)ccc2-c2ccc(-c3nc(-c4ccccc4)nc(-n4c5ccccc5c5ccc6c7ccccc7n(-c7ccccc7)c6c54)n3)cc21. The Hall–Kier alpha value is -6.92. The van der Waals surface area contributed by atoms with E-state index in [0.717, 1.165) is 77.3 Å². The summed E-state index contributed by atoms with van der Waals surface area (Å²) in [4.78, 5) is 15.8. The molecule has 11 rings (SSSR count). The number of halogens is 1. The fourth-order valence-corrected chi connectivity index (χ4v) is 8.71. The molecule has 0 aliphatic heterocycles. The molecule has 0 fully saturated rings. The summed E-state index contributed by atoms with van der Waals surface area (Å²) in [6, 6.07) is 53.7. The highest BCUT2D eigenvalue weighted by molar-refractivity contribution is 6.23. The van der Waals surface area contributed by atoms with E-state index in [9.17, 15) is 4.39 Å². The molecule has 0 saturated carbocycles. The minimum atomic E-state index is -0.399. The van der Waals surface area contributed by atoms with Crippen LogP contribution >= 0.6 is 0 Å². The fourth-order valence-electron chi connectivity index (χ4n) is 8.71. The molecule has 10 aromatic rings. The monoisotopic (exact) mass is 697 g/mol. The third-order valence-electron chi connectivity index (χ3n) is 11.2. The van der Waals surface area contributed by atoms with Gasteiger partial charge in [-0.1, -0.05) is 129 Å². The van der Waals surface area contributed by atoms with E-state index in [1.54, 1.807) is 12.1 Å². The van der Waals surface area contributed by atoms with Gasteiger partial charge < -0.3 is 4.57 Å². The molecule has 0 spiro atoms. The lowest BCUT2D eigenvalue weighted by Gasteiger charge is -2.22. The van der Waals surface area contributed by atoms with Crippen LogP contribution < -0.4 is 0 Å². The van der Waals surface area contributed by atoms with Crippen LogP contribution in [0.25, 0.3) is 89.2 Å². The van der Waals surface area contributed by atoms with Gasteiger partial charge in [0.1, 0.15) is 5.82 Å². The Morgan fingerprint density at radius 1 is 0.463 bits per heavy atom. The largest absolute Gasteiger partial charge is 0.307 e. The lowest BCUT2D eigenvalue weighted by atomic mass is 9.82. The van der Waals surface area contributed by atoms with Gasteiger partial charge in [-0.2, -0.15) is 9.97 Å². The standard InChI is InChI=1S/C48H32FN5/c1-48(2)39-27-30(21-23-33(39)34-24-22-31(49)28-40(34)48)46-50-45(29-13-5-3-6-14-29)51-47(52-46)54-42-20-12-10-18-36(42)38-26-25-37-35-17-9-11-19-41(35)53(43(37)44(38)54)32-15-7-4-8-16-32/h3-28H,1-2H3. The normalized spacial score (nSPS) is 13.2. The molecule has 7 aromatic carbocycles. The van der Waals surface area contributed by atoms with E-state index < -0.39 is 5.41 Å². The first-order chi connectivity index (χ1) is 26.5. The molecular weight excluding hydrogens is 666 g/mol. The van der Waals surface area contributed by atoms with Gasteiger partial charge in [0.05, 0.1) is 22.1 Å². The third-order valence-corrected chi connectivity index (χ3v) is 11.2. The van der Waals surface area contributed by atoms with Crippen molar-refractivity contribution in [1.29, 1.82) is 0 Å².